The Kier molecular flexibility index (Phi) is 4.68. The molecule has 0 amide bonds. The van der Waals surface area contributed by atoms with Gasteiger partial charge in [-0.3, -0.25) is 0 Å². The van der Waals surface area contributed by atoms with Crippen molar-refractivity contribution in [1.29, 1.82) is 0 Å². The molecule has 8 heteroatoms. The van der Waals surface area contributed by atoms with Gasteiger partial charge in [-0.25, -0.2) is 4.79 Å². The third-order valence-corrected chi connectivity index (χ3v) is 6.97. The van der Waals surface area contributed by atoms with E-state index in [2.05, 4.69) is 8.75 Å². The zero-order valence-corrected chi connectivity index (χ0v) is 19.3. The Balaban J connectivity index is 1.54. The van der Waals surface area contributed by atoms with Crippen LogP contribution in [0.25, 0.3) is 16.6 Å². The lowest BCUT2D eigenvalue weighted by Gasteiger charge is -2.26. The van der Waals surface area contributed by atoms with Crippen molar-refractivity contribution in [2.24, 2.45) is 0 Å². The fourth-order valence-corrected chi connectivity index (χ4v) is 4.94. The molecule has 0 saturated carbocycles. The molecule has 0 spiro atoms. The molecular weight excluding hydrogens is 452 g/mol. The number of hydrogen-bond acceptors (Lipinski definition) is 8. The summed E-state index contributed by atoms with van der Waals surface area (Å²) in [6, 6.07) is 16.6. The maximum atomic E-state index is 13.3. The quantitative estimate of drug-likeness (QED) is 0.439. The SMILES string of the molecule is Cc1ccc(C2(O)OC(=O)C(c3ccc4nsnc4c3)=C2Cc2ccc3c(c2)OCO3)cc1C. The van der Waals surface area contributed by atoms with Crippen molar-refractivity contribution in [2.45, 2.75) is 26.1 Å². The number of nitrogens with zero attached hydrogens (tertiary/aromatic N) is 2. The number of aromatic nitrogens is 2. The van der Waals surface area contributed by atoms with Gasteiger partial charge >= 0.3 is 5.97 Å². The van der Waals surface area contributed by atoms with E-state index in [1.807, 2.05) is 56.3 Å². The second-order valence-corrected chi connectivity index (χ2v) is 9.05. The Morgan fingerprint density at radius 1 is 0.941 bits per heavy atom. The van der Waals surface area contributed by atoms with Crippen molar-refractivity contribution in [3.63, 3.8) is 0 Å². The summed E-state index contributed by atoms with van der Waals surface area (Å²) in [5, 5.41) is 11.9. The Labute approximate surface area is 199 Å². The number of cyclic esters (lactones) is 1. The fraction of sp³-hybridized carbons (Fsp3) is 0.192. The maximum absolute atomic E-state index is 13.3. The third kappa shape index (κ3) is 3.26. The number of aryl methyl sites for hydroxylation is 2. The summed E-state index contributed by atoms with van der Waals surface area (Å²) >= 11 is 1.11. The summed E-state index contributed by atoms with van der Waals surface area (Å²) in [6.07, 6.45) is 0.272. The van der Waals surface area contributed by atoms with Gasteiger partial charge in [-0.2, -0.15) is 8.75 Å². The number of ether oxygens (including phenoxy) is 3. The van der Waals surface area contributed by atoms with Crippen LogP contribution in [0.5, 0.6) is 11.5 Å². The highest BCUT2D eigenvalue weighted by Crippen LogP contribution is 2.46. The van der Waals surface area contributed by atoms with Crippen LogP contribution >= 0.6 is 11.7 Å². The second-order valence-electron chi connectivity index (χ2n) is 8.52. The first-order valence-corrected chi connectivity index (χ1v) is 11.5. The number of esters is 1. The van der Waals surface area contributed by atoms with Gasteiger partial charge in [0.2, 0.25) is 6.79 Å². The first-order chi connectivity index (χ1) is 16.4. The van der Waals surface area contributed by atoms with Gasteiger partial charge in [0.1, 0.15) is 11.0 Å². The van der Waals surface area contributed by atoms with Crippen LogP contribution in [0.15, 0.2) is 60.2 Å². The summed E-state index contributed by atoms with van der Waals surface area (Å²) in [7, 11) is 0. The van der Waals surface area contributed by atoms with Gasteiger partial charge in [0.05, 0.1) is 17.3 Å². The average Bonchev–Trinajstić information content (AvgIpc) is 3.53. The van der Waals surface area contributed by atoms with E-state index in [0.29, 0.717) is 39.3 Å². The van der Waals surface area contributed by atoms with Crippen molar-refractivity contribution < 1.29 is 24.1 Å². The molecule has 3 heterocycles. The highest BCUT2D eigenvalue weighted by Gasteiger charge is 2.48. The topological polar surface area (TPSA) is 90.8 Å². The minimum atomic E-state index is -1.91. The summed E-state index contributed by atoms with van der Waals surface area (Å²) in [5.74, 6) is -1.19. The Bertz CT molecular complexity index is 1510. The lowest BCUT2D eigenvalue weighted by molar-refractivity contribution is -0.185. The highest BCUT2D eigenvalue weighted by molar-refractivity contribution is 7.00. The van der Waals surface area contributed by atoms with Crippen LogP contribution in [0.1, 0.15) is 27.8 Å². The van der Waals surface area contributed by atoms with Crippen molar-refractivity contribution in [3.8, 4) is 11.5 Å². The van der Waals surface area contributed by atoms with Gasteiger partial charge < -0.3 is 19.3 Å². The molecule has 0 saturated heterocycles. The van der Waals surface area contributed by atoms with Crippen molar-refractivity contribution >= 4 is 34.3 Å². The summed E-state index contributed by atoms with van der Waals surface area (Å²) in [4.78, 5) is 13.3. The smallest absolute Gasteiger partial charge is 0.342 e. The molecule has 34 heavy (non-hydrogen) atoms. The average molecular weight is 473 g/mol. The zero-order valence-electron chi connectivity index (χ0n) is 18.5. The van der Waals surface area contributed by atoms with E-state index in [4.69, 9.17) is 14.2 Å². The monoisotopic (exact) mass is 472 g/mol. The van der Waals surface area contributed by atoms with Crippen LogP contribution in [0.4, 0.5) is 0 Å². The van der Waals surface area contributed by atoms with Crippen LogP contribution in [0.3, 0.4) is 0 Å². The molecule has 1 N–H and O–H groups in total. The molecule has 0 radical (unpaired) electrons. The molecule has 3 aromatic carbocycles. The Morgan fingerprint density at radius 2 is 1.76 bits per heavy atom. The molecule has 1 atom stereocenters. The van der Waals surface area contributed by atoms with E-state index in [9.17, 15) is 9.90 Å². The number of fused-ring (bicyclic) bond motifs is 2. The number of rotatable bonds is 4. The second kappa shape index (κ2) is 7.65. The highest BCUT2D eigenvalue weighted by atomic mass is 32.1. The molecule has 2 aliphatic heterocycles. The number of benzene rings is 3. The largest absolute Gasteiger partial charge is 0.454 e. The first-order valence-electron chi connectivity index (χ1n) is 10.8. The number of carbonyl (C=O) groups excluding carboxylic acids is 1. The van der Waals surface area contributed by atoms with Crippen LogP contribution in [-0.4, -0.2) is 26.6 Å². The predicted octanol–water partition coefficient (Wildman–Crippen LogP) is 4.44. The van der Waals surface area contributed by atoms with E-state index >= 15 is 0 Å². The Morgan fingerprint density at radius 3 is 2.62 bits per heavy atom. The molecule has 2 aliphatic rings. The molecule has 0 bridgehead atoms. The van der Waals surface area contributed by atoms with Gasteiger partial charge in [-0.05, 0) is 66.4 Å². The fourth-order valence-electron chi connectivity index (χ4n) is 4.42. The number of aliphatic hydroxyl groups is 1. The zero-order chi connectivity index (χ0) is 23.4. The molecule has 6 rings (SSSR count). The molecule has 0 fully saturated rings. The number of hydrogen-bond donors (Lipinski definition) is 1. The van der Waals surface area contributed by atoms with Crippen LogP contribution in [0, 0.1) is 13.8 Å². The molecule has 0 aliphatic carbocycles. The van der Waals surface area contributed by atoms with E-state index in [1.165, 1.54) is 0 Å². The van der Waals surface area contributed by atoms with Gasteiger partial charge in [0.15, 0.2) is 11.5 Å². The maximum Gasteiger partial charge on any atom is 0.342 e. The first kappa shape index (κ1) is 20.8. The van der Waals surface area contributed by atoms with E-state index < -0.39 is 11.8 Å². The molecule has 7 nitrogen and oxygen atoms in total. The van der Waals surface area contributed by atoms with Gasteiger partial charge in [-0.1, -0.05) is 24.3 Å². The van der Waals surface area contributed by atoms with Crippen molar-refractivity contribution in [1.82, 2.24) is 8.75 Å². The number of carbonyl (C=O) groups is 1. The molecular formula is C26H20N2O5S. The van der Waals surface area contributed by atoms with Crippen LogP contribution < -0.4 is 9.47 Å². The van der Waals surface area contributed by atoms with E-state index in [1.54, 1.807) is 12.1 Å². The van der Waals surface area contributed by atoms with E-state index in [0.717, 1.165) is 33.9 Å². The Hall–Kier alpha value is -3.75. The van der Waals surface area contributed by atoms with E-state index in [-0.39, 0.29) is 13.2 Å². The van der Waals surface area contributed by atoms with Gasteiger partial charge in [-0.15, -0.1) is 0 Å². The lowest BCUT2D eigenvalue weighted by atomic mass is 9.87. The summed E-state index contributed by atoms with van der Waals surface area (Å²) < 4.78 is 25.2. The van der Waals surface area contributed by atoms with Crippen LogP contribution in [0.2, 0.25) is 0 Å². The molecule has 1 aromatic heterocycles. The van der Waals surface area contributed by atoms with Crippen LogP contribution in [-0.2, 0) is 21.7 Å². The van der Waals surface area contributed by atoms with Crippen molar-refractivity contribution in [2.75, 3.05) is 6.79 Å². The molecule has 1 unspecified atom stereocenters. The normalized spacial score (nSPS) is 19.2. The third-order valence-electron chi connectivity index (χ3n) is 6.41. The molecule has 4 aromatic rings. The van der Waals surface area contributed by atoms with Gasteiger partial charge in [0.25, 0.3) is 5.79 Å². The standard InChI is InChI=1S/C26H20N2O5S/c1-14-3-6-18(9-15(14)2)26(30)19(10-16-4-8-22-23(11-16)32-13-31-22)24(25(29)33-26)17-5-7-20-21(12-17)28-34-27-20/h3-9,11-12,30H,10,13H2,1-2H3. The van der Waals surface area contributed by atoms with Gasteiger partial charge in [0, 0.05) is 17.6 Å². The lowest BCUT2D eigenvalue weighted by Crippen LogP contribution is -2.30. The molecule has 170 valence electrons. The minimum absolute atomic E-state index is 0.169. The van der Waals surface area contributed by atoms with Crippen molar-refractivity contribution in [3.05, 3.63) is 88.0 Å². The summed E-state index contributed by atoms with van der Waals surface area (Å²) in [6.45, 7) is 4.13. The predicted molar refractivity (Wildman–Crippen MR) is 127 cm³/mol. The summed E-state index contributed by atoms with van der Waals surface area (Å²) in [5.41, 5.74) is 6.29. The minimum Gasteiger partial charge on any atom is -0.454 e.